The molecule has 0 aliphatic heterocycles. The van der Waals surface area contributed by atoms with Crippen LogP contribution in [0.25, 0.3) is 0 Å². The molecule has 13 nitrogen and oxygen atoms in total. The van der Waals surface area contributed by atoms with E-state index in [2.05, 4.69) is 5.32 Å². The molecule has 0 aromatic heterocycles. The van der Waals surface area contributed by atoms with Gasteiger partial charge in [0.05, 0.1) is 6.04 Å². The van der Waals surface area contributed by atoms with E-state index in [0.717, 1.165) is 34.9 Å². The molecule has 5 N–H and O–H groups in total. The largest absolute Gasteiger partial charge is 0.479 e. The normalized spacial score (nSPS) is 19.2. The lowest BCUT2D eigenvalue weighted by molar-refractivity contribution is -0.180. The van der Waals surface area contributed by atoms with E-state index in [-0.39, 0.29) is 12.8 Å². The molecule has 0 saturated heterocycles. The first kappa shape index (κ1) is 36.3. The number of hydrogen-bond donors (Lipinski definition) is 5. The molecule has 0 unspecified atom stereocenters. The maximum Gasteiger partial charge on any atom is 0.343 e. The second-order valence-electron chi connectivity index (χ2n) is 10.3. The number of nitrogens with zero attached hydrogens (tertiary/aromatic N) is 2. The van der Waals surface area contributed by atoms with Gasteiger partial charge in [0.2, 0.25) is 11.4 Å². The van der Waals surface area contributed by atoms with Crippen LogP contribution in [0, 0.1) is 5.92 Å². The van der Waals surface area contributed by atoms with Crippen molar-refractivity contribution >= 4 is 35.1 Å². The first-order chi connectivity index (χ1) is 17.7. The lowest BCUT2D eigenvalue weighted by Crippen LogP contribution is -2.78. The minimum Gasteiger partial charge on any atom is -0.479 e. The first-order valence-corrected chi connectivity index (χ1v) is 12.9. The van der Waals surface area contributed by atoms with Crippen LogP contribution in [0.3, 0.4) is 0 Å². The number of aliphatic hydroxyl groups excluding tert-OH is 2. The van der Waals surface area contributed by atoms with Gasteiger partial charge in [0.1, 0.15) is 12.2 Å². The fraction of sp³-hybridized carbons (Fsp3) is 0.769. The summed E-state index contributed by atoms with van der Waals surface area (Å²) in [5, 5.41) is 43.4. The van der Waals surface area contributed by atoms with Crippen molar-refractivity contribution in [1.82, 2.24) is 15.1 Å². The van der Waals surface area contributed by atoms with Crippen molar-refractivity contribution in [2.75, 3.05) is 21.1 Å². The number of Topliss-reactive ketones (excluding diaryl/α,β-unsaturated/α-hetero) is 3. The highest BCUT2D eigenvalue weighted by Gasteiger charge is 2.67. The van der Waals surface area contributed by atoms with Gasteiger partial charge in [-0.2, -0.15) is 0 Å². The van der Waals surface area contributed by atoms with Crippen LogP contribution in [0.1, 0.15) is 67.7 Å². The van der Waals surface area contributed by atoms with Gasteiger partial charge >= 0.3 is 5.97 Å². The molecule has 0 aliphatic rings. The smallest absolute Gasteiger partial charge is 0.343 e. The Morgan fingerprint density at radius 3 is 1.62 bits per heavy atom. The SMILES string of the molecule is CCC[C@H](NC)C(=O)[C@](C)(C(=O)[C@@](C(=O)[C@](C)(O)C(=O)O)([C@@H](C)CC)N(C)C(=O)[C@@H](C)O)N(C)C(=O)[C@@H](C)O. The molecule has 224 valence electrons. The average molecular weight is 560 g/mol. The van der Waals surface area contributed by atoms with Crippen molar-refractivity contribution in [3.8, 4) is 0 Å². The van der Waals surface area contributed by atoms with E-state index >= 15 is 0 Å². The number of hydrogen-bond acceptors (Lipinski definition) is 10. The lowest BCUT2D eigenvalue weighted by Gasteiger charge is -2.51. The highest BCUT2D eigenvalue weighted by atomic mass is 16.4. The van der Waals surface area contributed by atoms with Crippen LogP contribution in [0.15, 0.2) is 0 Å². The molecule has 0 heterocycles. The summed E-state index contributed by atoms with van der Waals surface area (Å²) in [6.07, 6.45) is -2.81. The summed E-state index contributed by atoms with van der Waals surface area (Å²) in [7, 11) is 3.50. The van der Waals surface area contributed by atoms with Crippen LogP contribution < -0.4 is 5.32 Å². The molecule has 0 radical (unpaired) electrons. The van der Waals surface area contributed by atoms with Gasteiger partial charge in [0.15, 0.2) is 22.6 Å². The van der Waals surface area contributed by atoms with Gasteiger partial charge < -0.3 is 35.5 Å². The quantitative estimate of drug-likeness (QED) is 0.147. The minimum absolute atomic E-state index is 0.0344. The molecule has 39 heavy (non-hydrogen) atoms. The molecule has 0 rings (SSSR count). The monoisotopic (exact) mass is 559 g/mol. The number of likely N-dealkylation sites (N-methyl/N-ethyl adjacent to an activating group) is 3. The van der Waals surface area contributed by atoms with E-state index < -0.39 is 76.0 Å². The Labute approximate surface area is 229 Å². The Kier molecular flexibility index (Phi) is 12.6. The number of rotatable bonds is 16. The van der Waals surface area contributed by atoms with E-state index in [1.54, 1.807) is 6.92 Å². The Morgan fingerprint density at radius 1 is 0.846 bits per heavy atom. The Hall–Kier alpha value is -2.74. The number of aliphatic carboxylic acids is 1. The molecule has 0 spiro atoms. The maximum atomic E-state index is 14.9. The number of carboxylic acid groups (broad SMARTS) is 1. The fourth-order valence-corrected chi connectivity index (χ4v) is 4.74. The van der Waals surface area contributed by atoms with Gasteiger partial charge in [0.25, 0.3) is 11.8 Å². The zero-order valence-corrected chi connectivity index (χ0v) is 24.6. The molecule has 0 bridgehead atoms. The van der Waals surface area contributed by atoms with Gasteiger partial charge in [-0.15, -0.1) is 0 Å². The Morgan fingerprint density at radius 2 is 1.28 bits per heavy atom. The molecular formula is C26H45N3O10. The highest BCUT2D eigenvalue weighted by Crippen LogP contribution is 2.39. The van der Waals surface area contributed by atoms with Crippen LogP contribution in [0.5, 0.6) is 0 Å². The molecule has 0 saturated carbocycles. The lowest BCUT2D eigenvalue weighted by atomic mass is 9.64. The van der Waals surface area contributed by atoms with Crippen LogP contribution in [-0.4, -0.2) is 121 Å². The van der Waals surface area contributed by atoms with Crippen molar-refractivity contribution in [3.05, 3.63) is 0 Å². The molecule has 0 aliphatic carbocycles. The summed E-state index contributed by atoms with van der Waals surface area (Å²) >= 11 is 0. The van der Waals surface area contributed by atoms with E-state index in [9.17, 15) is 49.2 Å². The zero-order valence-electron chi connectivity index (χ0n) is 24.6. The molecule has 0 fully saturated rings. The number of ketones is 3. The number of carboxylic acids is 1. The third-order valence-electron chi connectivity index (χ3n) is 7.62. The fourth-order valence-electron chi connectivity index (χ4n) is 4.74. The molecule has 2 amide bonds. The number of carbonyl (C=O) groups is 6. The van der Waals surface area contributed by atoms with Crippen LogP contribution in [0.4, 0.5) is 0 Å². The van der Waals surface area contributed by atoms with Crippen LogP contribution >= 0.6 is 0 Å². The second kappa shape index (κ2) is 13.6. The predicted molar refractivity (Wildman–Crippen MR) is 141 cm³/mol. The van der Waals surface area contributed by atoms with Gasteiger partial charge in [-0.1, -0.05) is 33.6 Å². The minimum atomic E-state index is -3.23. The number of amides is 2. The van der Waals surface area contributed by atoms with Crippen molar-refractivity contribution in [2.24, 2.45) is 5.92 Å². The summed E-state index contributed by atoms with van der Waals surface area (Å²) in [5.41, 5.74) is -8.64. The second-order valence-corrected chi connectivity index (χ2v) is 10.3. The molecule has 7 atom stereocenters. The van der Waals surface area contributed by atoms with Gasteiger partial charge in [-0.3, -0.25) is 24.0 Å². The third kappa shape index (κ3) is 6.37. The van der Waals surface area contributed by atoms with Crippen LogP contribution in [0.2, 0.25) is 0 Å². The summed E-state index contributed by atoms with van der Waals surface area (Å²) in [5.74, 6) is -9.37. The summed E-state index contributed by atoms with van der Waals surface area (Å²) in [4.78, 5) is 82.5. The maximum absolute atomic E-state index is 14.9. The van der Waals surface area contributed by atoms with E-state index in [0.29, 0.717) is 23.1 Å². The Balaban J connectivity index is 8.09. The van der Waals surface area contributed by atoms with Gasteiger partial charge in [-0.05, 0) is 47.1 Å². The van der Waals surface area contributed by atoms with E-state index in [1.165, 1.54) is 20.9 Å². The standard InChI is InChI=1S/C26H45N3O10/c1-11-13-17(27-8)18(32)24(6,28(9)19(33)15(4)30)21(35)26(14(3)12-2,29(10)20(34)16(5)31)22(36)25(7,39)23(37)38/h14-17,27,30-31,39H,11-13H2,1-10H3,(H,37,38)/t14-,15+,16+,17-,24+,25-,26+/m0/s1. The molecule has 0 aromatic rings. The van der Waals surface area contributed by atoms with Gasteiger partial charge in [0, 0.05) is 14.1 Å². The summed E-state index contributed by atoms with van der Waals surface area (Å²) < 4.78 is 0. The summed E-state index contributed by atoms with van der Waals surface area (Å²) in [6.45, 7) is 8.53. The number of aliphatic hydroxyl groups is 3. The Bertz CT molecular complexity index is 964. The predicted octanol–water partition coefficient (Wildman–Crippen LogP) is -0.861. The number of nitrogens with one attached hydrogen (secondary N) is 1. The van der Waals surface area contributed by atoms with Gasteiger partial charge in [-0.25, -0.2) is 4.79 Å². The average Bonchev–Trinajstić information content (AvgIpc) is 2.88. The molecule has 0 aromatic carbocycles. The van der Waals surface area contributed by atoms with Crippen molar-refractivity contribution in [3.63, 3.8) is 0 Å². The number of carbonyl (C=O) groups excluding carboxylic acids is 5. The van der Waals surface area contributed by atoms with E-state index in [4.69, 9.17) is 0 Å². The van der Waals surface area contributed by atoms with Crippen LogP contribution in [-0.2, 0) is 28.8 Å². The third-order valence-corrected chi connectivity index (χ3v) is 7.62. The molecule has 13 heteroatoms. The van der Waals surface area contributed by atoms with Crippen molar-refractivity contribution in [1.29, 1.82) is 0 Å². The summed E-state index contributed by atoms with van der Waals surface area (Å²) in [6, 6.07) is -1.03. The topological polar surface area (TPSA) is 202 Å². The zero-order chi connectivity index (χ0) is 31.3. The molecular weight excluding hydrogens is 514 g/mol. The van der Waals surface area contributed by atoms with E-state index in [1.807, 2.05) is 0 Å². The highest BCUT2D eigenvalue weighted by molar-refractivity contribution is 6.30. The van der Waals surface area contributed by atoms with Crippen molar-refractivity contribution in [2.45, 2.75) is 103 Å². The first-order valence-electron chi connectivity index (χ1n) is 12.9. The van der Waals surface area contributed by atoms with Crippen molar-refractivity contribution < 1.29 is 49.2 Å².